The Hall–Kier alpha value is -1.80. The zero-order valence-corrected chi connectivity index (χ0v) is 9.82. The Morgan fingerprint density at radius 2 is 1.88 bits per heavy atom. The van der Waals surface area contributed by atoms with Crippen LogP contribution < -0.4 is 0 Å². The van der Waals surface area contributed by atoms with Crippen molar-refractivity contribution in [2.24, 2.45) is 0 Å². The molecule has 0 saturated carbocycles. The van der Waals surface area contributed by atoms with E-state index >= 15 is 0 Å². The van der Waals surface area contributed by atoms with E-state index in [9.17, 15) is 0 Å². The van der Waals surface area contributed by atoms with Crippen LogP contribution in [0.15, 0.2) is 52.9 Å². The molecule has 3 heteroatoms. The maximum absolute atomic E-state index is 5.79. The first kappa shape index (κ1) is 10.4. The van der Waals surface area contributed by atoms with Gasteiger partial charge in [0.05, 0.1) is 0 Å². The maximum Gasteiger partial charge on any atom is 0.227 e. The number of halogens is 1. The molecule has 3 aromatic rings. The molecule has 0 unspecified atom stereocenters. The van der Waals surface area contributed by atoms with Crippen LogP contribution in [0.4, 0.5) is 0 Å². The van der Waals surface area contributed by atoms with Crippen LogP contribution >= 0.6 is 11.6 Å². The van der Waals surface area contributed by atoms with E-state index in [-0.39, 0.29) is 0 Å². The molecular formula is C14H10ClNO. The summed E-state index contributed by atoms with van der Waals surface area (Å²) >= 11 is 5.79. The highest BCUT2D eigenvalue weighted by atomic mass is 35.5. The van der Waals surface area contributed by atoms with Crippen molar-refractivity contribution in [3.05, 3.63) is 54.1 Å². The molecule has 0 spiro atoms. The lowest BCUT2D eigenvalue weighted by molar-refractivity contribution is 0.619. The summed E-state index contributed by atoms with van der Waals surface area (Å²) < 4.78 is 5.73. The largest absolute Gasteiger partial charge is 0.436 e. The molecule has 0 aliphatic carbocycles. The fraction of sp³-hybridized carbons (Fsp3) is 0.0714. The van der Waals surface area contributed by atoms with E-state index in [0.717, 1.165) is 22.2 Å². The Bertz CT molecular complexity index is 646. The average Bonchev–Trinajstić information content (AvgIpc) is 2.82. The van der Waals surface area contributed by atoms with Gasteiger partial charge in [0.2, 0.25) is 5.89 Å². The topological polar surface area (TPSA) is 26.0 Å². The van der Waals surface area contributed by atoms with E-state index < -0.39 is 0 Å². The van der Waals surface area contributed by atoms with Crippen LogP contribution in [0.25, 0.3) is 22.6 Å². The minimum absolute atomic E-state index is 0.483. The Kier molecular flexibility index (Phi) is 2.57. The number of benzene rings is 2. The van der Waals surface area contributed by atoms with Gasteiger partial charge in [-0.1, -0.05) is 24.3 Å². The number of nitrogens with zero attached hydrogens (tertiary/aromatic N) is 1. The third kappa shape index (κ3) is 1.92. The molecule has 0 aliphatic heterocycles. The van der Waals surface area contributed by atoms with E-state index in [0.29, 0.717) is 11.8 Å². The minimum atomic E-state index is 0.483. The average molecular weight is 244 g/mol. The zero-order chi connectivity index (χ0) is 11.7. The van der Waals surface area contributed by atoms with E-state index in [4.69, 9.17) is 16.0 Å². The van der Waals surface area contributed by atoms with E-state index in [1.807, 2.05) is 48.5 Å². The van der Waals surface area contributed by atoms with Gasteiger partial charge in [0.15, 0.2) is 5.58 Å². The summed E-state index contributed by atoms with van der Waals surface area (Å²) in [6.07, 6.45) is 0. The van der Waals surface area contributed by atoms with Crippen LogP contribution in [-0.4, -0.2) is 4.98 Å². The van der Waals surface area contributed by atoms with Crippen LogP contribution in [0.2, 0.25) is 0 Å². The second-order valence-corrected chi connectivity index (χ2v) is 4.09. The SMILES string of the molecule is ClCc1ccc2nc(-c3ccccc3)oc2c1. The van der Waals surface area contributed by atoms with Gasteiger partial charge in [-0.3, -0.25) is 0 Å². The number of rotatable bonds is 2. The molecule has 84 valence electrons. The first-order valence-electron chi connectivity index (χ1n) is 5.37. The molecule has 0 bridgehead atoms. The molecule has 0 aliphatic rings. The van der Waals surface area contributed by atoms with Crippen LogP contribution in [0.5, 0.6) is 0 Å². The highest BCUT2D eigenvalue weighted by molar-refractivity contribution is 6.17. The summed E-state index contributed by atoms with van der Waals surface area (Å²) in [4.78, 5) is 4.45. The molecular weight excluding hydrogens is 234 g/mol. The molecule has 0 atom stereocenters. The smallest absolute Gasteiger partial charge is 0.227 e. The number of alkyl halides is 1. The zero-order valence-electron chi connectivity index (χ0n) is 9.06. The lowest BCUT2D eigenvalue weighted by Crippen LogP contribution is -1.76. The summed E-state index contributed by atoms with van der Waals surface area (Å²) in [5.41, 5.74) is 3.66. The standard InChI is InChI=1S/C14H10ClNO/c15-9-10-6-7-12-13(8-10)17-14(16-12)11-4-2-1-3-5-11/h1-8H,9H2. The van der Waals surface area contributed by atoms with Gasteiger partial charge < -0.3 is 4.42 Å². The van der Waals surface area contributed by atoms with Crippen molar-refractivity contribution in [2.75, 3.05) is 0 Å². The monoisotopic (exact) mass is 243 g/mol. The lowest BCUT2D eigenvalue weighted by atomic mass is 10.2. The summed E-state index contributed by atoms with van der Waals surface area (Å²) in [5, 5.41) is 0. The third-order valence-corrected chi connectivity index (χ3v) is 2.94. The van der Waals surface area contributed by atoms with Gasteiger partial charge in [-0.15, -0.1) is 11.6 Å². The number of hydrogen-bond donors (Lipinski definition) is 0. The maximum atomic E-state index is 5.79. The molecule has 2 nitrogen and oxygen atoms in total. The quantitative estimate of drug-likeness (QED) is 0.630. The van der Waals surface area contributed by atoms with Crippen LogP contribution in [0.1, 0.15) is 5.56 Å². The van der Waals surface area contributed by atoms with E-state index in [1.54, 1.807) is 0 Å². The summed E-state index contributed by atoms with van der Waals surface area (Å²) in [7, 11) is 0. The predicted octanol–water partition coefficient (Wildman–Crippen LogP) is 4.23. The first-order chi connectivity index (χ1) is 8.36. The molecule has 1 heterocycles. The second-order valence-electron chi connectivity index (χ2n) is 3.82. The van der Waals surface area contributed by atoms with Gasteiger partial charge in [-0.25, -0.2) is 4.98 Å². The molecule has 0 fully saturated rings. The minimum Gasteiger partial charge on any atom is -0.436 e. The van der Waals surface area contributed by atoms with Gasteiger partial charge in [-0.2, -0.15) is 0 Å². The Labute approximate surface area is 104 Å². The molecule has 1 aromatic heterocycles. The second kappa shape index (κ2) is 4.22. The van der Waals surface area contributed by atoms with Crippen molar-refractivity contribution in [3.8, 4) is 11.5 Å². The highest BCUT2D eigenvalue weighted by Gasteiger charge is 2.07. The Balaban J connectivity index is 2.14. The van der Waals surface area contributed by atoms with Crippen molar-refractivity contribution in [2.45, 2.75) is 5.88 Å². The van der Waals surface area contributed by atoms with Crippen molar-refractivity contribution in [1.29, 1.82) is 0 Å². The van der Waals surface area contributed by atoms with Gasteiger partial charge in [0, 0.05) is 11.4 Å². The first-order valence-corrected chi connectivity index (χ1v) is 5.91. The summed E-state index contributed by atoms with van der Waals surface area (Å²) in [6.45, 7) is 0. The normalized spacial score (nSPS) is 10.9. The van der Waals surface area contributed by atoms with Gasteiger partial charge >= 0.3 is 0 Å². The fourth-order valence-corrected chi connectivity index (χ4v) is 1.92. The molecule has 3 rings (SSSR count). The van der Waals surface area contributed by atoms with Gasteiger partial charge in [0.25, 0.3) is 0 Å². The van der Waals surface area contributed by atoms with Crippen molar-refractivity contribution in [1.82, 2.24) is 4.98 Å². The van der Waals surface area contributed by atoms with Crippen molar-refractivity contribution >= 4 is 22.7 Å². The van der Waals surface area contributed by atoms with Crippen molar-refractivity contribution in [3.63, 3.8) is 0 Å². The Morgan fingerprint density at radius 1 is 1.06 bits per heavy atom. The van der Waals surface area contributed by atoms with Gasteiger partial charge in [0.1, 0.15) is 5.52 Å². The predicted molar refractivity (Wildman–Crippen MR) is 69.0 cm³/mol. The van der Waals surface area contributed by atoms with E-state index in [2.05, 4.69) is 4.98 Å². The van der Waals surface area contributed by atoms with Crippen LogP contribution in [0.3, 0.4) is 0 Å². The lowest BCUT2D eigenvalue weighted by Gasteiger charge is -1.92. The number of oxazole rings is 1. The molecule has 0 amide bonds. The summed E-state index contributed by atoms with van der Waals surface area (Å²) in [5.74, 6) is 1.13. The summed E-state index contributed by atoms with van der Waals surface area (Å²) in [6, 6.07) is 15.7. The number of aromatic nitrogens is 1. The highest BCUT2D eigenvalue weighted by Crippen LogP contribution is 2.24. The molecule has 2 aromatic carbocycles. The molecule has 0 N–H and O–H groups in total. The molecule has 17 heavy (non-hydrogen) atoms. The number of hydrogen-bond acceptors (Lipinski definition) is 2. The van der Waals surface area contributed by atoms with Crippen LogP contribution in [-0.2, 0) is 5.88 Å². The Morgan fingerprint density at radius 3 is 2.65 bits per heavy atom. The fourth-order valence-electron chi connectivity index (χ4n) is 1.76. The van der Waals surface area contributed by atoms with Gasteiger partial charge in [-0.05, 0) is 29.8 Å². The number of fused-ring (bicyclic) bond motifs is 1. The van der Waals surface area contributed by atoms with Crippen LogP contribution in [0, 0.1) is 0 Å². The molecule has 0 saturated heterocycles. The van der Waals surface area contributed by atoms with Crippen molar-refractivity contribution < 1.29 is 4.42 Å². The third-order valence-electron chi connectivity index (χ3n) is 2.63. The van der Waals surface area contributed by atoms with E-state index in [1.165, 1.54) is 0 Å². The molecule has 0 radical (unpaired) electrons.